The molecule has 1 aliphatic heterocycles. The maximum atomic E-state index is 13.4. The average Bonchev–Trinajstić information content (AvgIpc) is 2.69. The van der Waals surface area contributed by atoms with Gasteiger partial charge in [-0.1, -0.05) is 48.5 Å². The average molecular weight is 378 g/mol. The van der Waals surface area contributed by atoms with Crippen LogP contribution in [0.4, 0.5) is 0 Å². The summed E-state index contributed by atoms with van der Waals surface area (Å²) >= 11 is 0. The van der Waals surface area contributed by atoms with Gasteiger partial charge in [0.2, 0.25) is 0 Å². The van der Waals surface area contributed by atoms with Crippen molar-refractivity contribution in [1.82, 2.24) is 0 Å². The Hall–Kier alpha value is -3.46. The lowest BCUT2D eigenvalue weighted by Gasteiger charge is -2.23. The van der Waals surface area contributed by atoms with Crippen molar-refractivity contribution in [3.63, 3.8) is 0 Å². The molecule has 0 aromatic heterocycles. The molecule has 0 fully saturated rings. The van der Waals surface area contributed by atoms with Crippen molar-refractivity contribution in [1.29, 1.82) is 0 Å². The molecule has 0 radical (unpaired) electrons. The van der Waals surface area contributed by atoms with E-state index in [1.165, 1.54) is 26.1 Å². The van der Waals surface area contributed by atoms with Crippen LogP contribution >= 0.6 is 0 Å². The van der Waals surface area contributed by atoms with Crippen LogP contribution in [0.2, 0.25) is 0 Å². The van der Waals surface area contributed by atoms with Gasteiger partial charge in [0.15, 0.2) is 5.54 Å². The van der Waals surface area contributed by atoms with Crippen molar-refractivity contribution in [2.45, 2.75) is 26.3 Å². The van der Waals surface area contributed by atoms with Crippen molar-refractivity contribution in [2.75, 3.05) is 0 Å². The third kappa shape index (κ3) is 1.92. The van der Waals surface area contributed by atoms with Crippen molar-refractivity contribution in [3.8, 4) is 0 Å². The summed E-state index contributed by atoms with van der Waals surface area (Å²) in [6.45, 7) is 5.81. The zero-order valence-corrected chi connectivity index (χ0v) is 16.6. The van der Waals surface area contributed by atoms with Crippen molar-refractivity contribution in [3.05, 3.63) is 71.8 Å². The van der Waals surface area contributed by atoms with Gasteiger partial charge in [0.05, 0.1) is 11.1 Å². The number of carbonyl (C=O) groups excluding carboxylic acids is 1. The Kier molecular flexibility index (Phi) is 2.91. The molecule has 140 valence electrons. The second-order valence-electron chi connectivity index (χ2n) is 8.92. The summed E-state index contributed by atoms with van der Waals surface area (Å²) in [6.07, 6.45) is 0. The second kappa shape index (κ2) is 5.12. The summed E-state index contributed by atoms with van der Waals surface area (Å²) in [7, 11) is 0. The molecule has 1 aliphatic rings. The molecule has 5 aromatic rings. The minimum atomic E-state index is -0.516. The van der Waals surface area contributed by atoms with Gasteiger partial charge in [0, 0.05) is 26.2 Å². The van der Waals surface area contributed by atoms with Gasteiger partial charge in [-0.3, -0.25) is 0 Å². The lowest BCUT2D eigenvalue weighted by Crippen LogP contribution is -2.44. The molecule has 0 atom stereocenters. The molecule has 0 spiro atoms. The number of nitrogens with zero attached hydrogens (tertiary/aromatic N) is 1. The Balaban J connectivity index is 1.92. The molecule has 1 heterocycles. The number of amides is 1. The van der Waals surface area contributed by atoms with E-state index in [1.54, 1.807) is 0 Å². The topological polar surface area (TPSA) is 40.3 Å². The van der Waals surface area contributed by atoms with Gasteiger partial charge in [-0.25, -0.2) is 4.79 Å². The molecule has 3 heteroatoms. The van der Waals surface area contributed by atoms with E-state index < -0.39 is 5.54 Å². The number of fused-ring (bicyclic) bond motifs is 2. The van der Waals surface area contributed by atoms with Crippen LogP contribution in [-0.2, 0) is 0 Å². The summed E-state index contributed by atoms with van der Waals surface area (Å²) in [5, 5.41) is 20.1. The molecule has 0 saturated carbocycles. The molecule has 6 rings (SSSR count). The minimum absolute atomic E-state index is 0.0377. The maximum absolute atomic E-state index is 13.4. The lowest BCUT2D eigenvalue weighted by molar-refractivity contribution is -0.513. The Labute approximate surface area is 167 Å². The Morgan fingerprint density at radius 3 is 1.83 bits per heavy atom. The fourth-order valence-corrected chi connectivity index (χ4v) is 5.06. The van der Waals surface area contributed by atoms with Gasteiger partial charge in [0.1, 0.15) is 0 Å². The number of rotatable bonds is 0. The molecule has 0 unspecified atom stereocenters. The number of aliphatic hydroxyl groups excluding tert-OH is 1. The number of benzene rings is 5. The van der Waals surface area contributed by atoms with Gasteiger partial charge in [0.25, 0.3) is 0 Å². The third-order valence-electron chi connectivity index (χ3n) is 6.20. The van der Waals surface area contributed by atoms with E-state index in [0.29, 0.717) is 5.56 Å². The molecule has 0 saturated heterocycles. The highest BCUT2D eigenvalue weighted by Crippen LogP contribution is 2.43. The summed E-state index contributed by atoms with van der Waals surface area (Å²) < 4.78 is 1.50. The second-order valence-corrected chi connectivity index (χ2v) is 8.92. The quantitative estimate of drug-likeness (QED) is 0.204. The molecule has 3 nitrogen and oxygen atoms in total. The van der Waals surface area contributed by atoms with Crippen LogP contribution < -0.4 is 0 Å². The SMILES string of the molecule is CC(C)(C)[N+]1=C(O)c2ccc3c4cccc5cccc(c6ccc(c2c63)C1=O)c54. The summed E-state index contributed by atoms with van der Waals surface area (Å²) in [6, 6.07) is 20.8. The first-order chi connectivity index (χ1) is 13.9. The van der Waals surface area contributed by atoms with Gasteiger partial charge >= 0.3 is 11.8 Å². The summed E-state index contributed by atoms with van der Waals surface area (Å²) in [5.41, 5.74) is 0.860. The van der Waals surface area contributed by atoms with Crippen molar-refractivity contribution >= 4 is 54.9 Å². The highest BCUT2D eigenvalue weighted by Gasteiger charge is 2.42. The third-order valence-corrected chi connectivity index (χ3v) is 6.20. The van der Waals surface area contributed by atoms with Crippen LogP contribution in [0, 0.1) is 0 Å². The number of carbonyl (C=O) groups is 1. The van der Waals surface area contributed by atoms with E-state index in [1.807, 2.05) is 32.9 Å². The Morgan fingerprint density at radius 1 is 0.690 bits per heavy atom. The molecule has 1 amide bonds. The van der Waals surface area contributed by atoms with E-state index in [-0.39, 0.29) is 11.8 Å². The molecule has 5 aromatic carbocycles. The van der Waals surface area contributed by atoms with E-state index in [0.717, 1.165) is 27.1 Å². The van der Waals surface area contributed by atoms with Gasteiger partial charge in [-0.15, -0.1) is 4.58 Å². The van der Waals surface area contributed by atoms with Crippen molar-refractivity contribution < 1.29 is 14.5 Å². The van der Waals surface area contributed by atoms with Gasteiger partial charge < -0.3 is 5.11 Å². The number of aliphatic hydroxyl groups is 1. The number of hydrogen-bond acceptors (Lipinski definition) is 1. The van der Waals surface area contributed by atoms with Crippen LogP contribution in [0.5, 0.6) is 0 Å². The van der Waals surface area contributed by atoms with Crippen LogP contribution in [0.15, 0.2) is 60.7 Å². The molecular formula is C26H20NO2+. The van der Waals surface area contributed by atoms with Gasteiger partial charge in [-0.2, -0.15) is 0 Å². The Morgan fingerprint density at radius 2 is 1.24 bits per heavy atom. The Bertz CT molecular complexity index is 1500. The van der Waals surface area contributed by atoms with E-state index in [2.05, 4.69) is 48.5 Å². The first-order valence-corrected chi connectivity index (χ1v) is 9.91. The first kappa shape index (κ1) is 16.5. The van der Waals surface area contributed by atoms with Crippen LogP contribution in [-0.4, -0.2) is 27.0 Å². The fourth-order valence-electron chi connectivity index (χ4n) is 5.06. The van der Waals surface area contributed by atoms with Crippen LogP contribution in [0.3, 0.4) is 0 Å². The highest BCUT2D eigenvalue weighted by molar-refractivity contribution is 6.36. The molecule has 1 N–H and O–H groups in total. The zero-order valence-electron chi connectivity index (χ0n) is 16.6. The molecule has 0 aliphatic carbocycles. The first-order valence-electron chi connectivity index (χ1n) is 9.91. The maximum Gasteiger partial charge on any atom is 0.423 e. The van der Waals surface area contributed by atoms with E-state index in [4.69, 9.17) is 0 Å². The van der Waals surface area contributed by atoms with Crippen molar-refractivity contribution in [2.24, 2.45) is 0 Å². The van der Waals surface area contributed by atoms with E-state index in [9.17, 15) is 9.90 Å². The molecular weight excluding hydrogens is 358 g/mol. The highest BCUT2D eigenvalue weighted by atomic mass is 16.3. The molecule has 0 bridgehead atoms. The van der Waals surface area contributed by atoms with Gasteiger partial charge in [-0.05, 0) is 49.8 Å². The largest absolute Gasteiger partial charge is 0.459 e. The number of hydrogen-bond donors (Lipinski definition) is 1. The smallest absolute Gasteiger partial charge is 0.423 e. The van der Waals surface area contributed by atoms with Crippen LogP contribution in [0.1, 0.15) is 36.7 Å². The standard InChI is InChI=1S/C26H19NO2/c1-26(2,3)27-24(28)19-12-10-17-15-8-4-6-14-7-5-9-16(21(14)15)18-11-13-20(25(27)29)23(19)22(17)18/h4-13H,1-3H3/p+1. The monoisotopic (exact) mass is 378 g/mol. The predicted octanol–water partition coefficient (Wildman–Crippen LogP) is 6.01. The summed E-state index contributed by atoms with van der Waals surface area (Å²) in [4.78, 5) is 13.4. The lowest BCUT2D eigenvalue weighted by atomic mass is 9.85. The van der Waals surface area contributed by atoms with E-state index >= 15 is 0 Å². The molecule has 29 heavy (non-hydrogen) atoms. The minimum Gasteiger partial charge on any atom is -0.459 e. The van der Waals surface area contributed by atoms with Crippen LogP contribution in [0.25, 0.3) is 43.1 Å². The zero-order chi connectivity index (χ0) is 20.1. The normalized spacial score (nSPS) is 14.8. The fraction of sp³-hybridized carbons (Fsp3) is 0.154. The summed E-state index contributed by atoms with van der Waals surface area (Å²) in [5.74, 6) is -0.112. The predicted molar refractivity (Wildman–Crippen MR) is 119 cm³/mol.